The maximum absolute atomic E-state index is 5.95. The number of thiophene rings is 1. The Bertz CT molecular complexity index is 986. The Morgan fingerprint density at radius 1 is 1.04 bits per heavy atom. The third-order valence-electron chi connectivity index (χ3n) is 3.36. The molecule has 0 aliphatic rings. The van der Waals surface area contributed by atoms with Crippen LogP contribution in [-0.4, -0.2) is 9.97 Å². The first-order chi connectivity index (χ1) is 11.8. The third kappa shape index (κ3) is 3.06. The lowest BCUT2D eigenvalue weighted by atomic mass is 10.3. The van der Waals surface area contributed by atoms with Crippen molar-refractivity contribution in [2.75, 3.05) is 5.73 Å². The number of benzene rings is 1. The molecule has 2 N–H and O–H groups in total. The van der Waals surface area contributed by atoms with Crippen LogP contribution in [-0.2, 0) is 0 Å². The number of hydrogen-bond donors (Lipinski definition) is 1. The van der Waals surface area contributed by atoms with E-state index in [2.05, 4.69) is 9.97 Å². The maximum Gasteiger partial charge on any atom is 0.170 e. The van der Waals surface area contributed by atoms with Gasteiger partial charge < -0.3 is 10.5 Å². The van der Waals surface area contributed by atoms with E-state index >= 15 is 0 Å². The van der Waals surface area contributed by atoms with Crippen molar-refractivity contribution in [1.29, 1.82) is 0 Å². The highest BCUT2D eigenvalue weighted by atomic mass is 32.2. The van der Waals surface area contributed by atoms with Gasteiger partial charge in [0.1, 0.15) is 5.75 Å². The average Bonchev–Trinajstić information content (AvgIpc) is 3.09. The van der Waals surface area contributed by atoms with Gasteiger partial charge in [0, 0.05) is 28.3 Å². The molecule has 0 atom stereocenters. The topological polar surface area (TPSA) is 61.0 Å². The highest BCUT2D eigenvalue weighted by Gasteiger charge is 2.09. The molecule has 6 heteroatoms. The number of rotatable bonds is 4. The summed E-state index contributed by atoms with van der Waals surface area (Å²) < 4.78 is 7.02. The van der Waals surface area contributed by atoms with Crippen molar-refractivity contribution >= 4 is 39.1 Å². The number of para-hydroxylation sites is 1. The standard InChI is InChI=1S/C18H13N3OS2/c19-18-15(22-12-4-2-1-3-5-12)10-13(11-21-18)24-16-6-8-20-14-7-9-23-17(14)16/h1-11H,(H2,19,21). The van der Waals surface area contributed by atoms with Crippen molar-refractivity contribution in [3.63, 3.8) is 0 Å². The van der Waals surface area contributed by atoms with E-state index in [1.807, 2.05) is 60.1 Å². The molecule has 24 heavy (non-hydrogen) atoms. The van der Waals surface area contributed by atoms with Crippen molar-refractivity contribution < 1.29 is 4.74 Å². The van der Waals surface area contributed by atoms with E-state index in [9.17, 15) is 0 Å². The molecule has 0 spiro atoms. The molecule has 0 aliphatic heterocycles. The van der Waals surface area contributed by atoms with Crippen molar-refractivity contribution in [3.05, 3.63) is 66.3 Å². The van der Waals surface area contributed by atoms with Crippen LogP contribution in [0.3, 0.4) is 0 Å². The molecule has 118 valence electrons. The Labute approximate surface area is 147 Å². The van der Waals surface area contributed by atoms with E-state index in [0.717, 1.165) is 21.1 Å². The number of nitrogens with zero attached hydrogens (tertiary/aromatic N) is 2. The summed E-state index contributed by atoms with van der Waals surface area (Å²) in [7, 11) is 0. The van der Waals surface area contributed by atoms with Gasteiger partial charge in [-0.05, 0) is 29.6 Å². The van der Waals surface area contributed by atoms with Crippen LogP contribution in [0, 0.1) is 0 Å². The lowest BCUT2D eigenvalue weighted by molar-refractivity contribution is 0.481. The molecule has 0 aliphatic carbocycles. The molecule has 0 saturated heterocycles. The second kappa shape index (κ2) is 6.51. The van der Waals surface area contributed by atoms with Crippen LogP contribution >= 0.6 is 23.1 Å². The second-order valence-electron chi connectivity index (χ2n) is 5.02. The largest absolute Gasteiger partial charge is 0.453 e. The SMILES string of the molecule is Nc1ncc(Sc2ccnc3ccsc23)cc1Oc1ccccc1. The predicted octanol–water partition coefficient (Wildman–Crippen LogP) is 5.22. The fourth-order valence-corrected chi connectivity index (χ4v) is 4.13. The molecule has 0 fully saturated rings. The maximum atomic E-state index is 5.95. The summed E-state index contributed by atoms with van der Waals surface area (Å²) in [4.78, 5) is 10.7. The Hall–Kier alpha value is -2.57. The lowest BCUT2D eigenvalue weighted by Crippen LogP contribution is -1.95. The molecule has 0 radical (unpaired) electrons. The average molecular weight is 351 g/mol. The quantitative estimate of drug-likeness (QED) is 0.546. The van der Waals surface area contributed by atoms with Crippen LogP contribution in [0.15, 0.2) is 76.1 Å². The smallest absolute Gasteiger partial charge is 0.170 e. The fraction of sp³-hybridized carbons (Fsp3) is 0. The second-order valence-corrected chi connectivity index (χ2v) is 7.05. The first kappa shape index (κ1) is 15.0. The van der Waals surface area contributed by atoms with E-state index < -0.39 is 0 Å². The molecular formula is C18H13N3OS2. The number of anilines is 1. The van der Waals surface area contributed by atoms with Gasteiger partial charge in [-0.1, -0.05) is 30.0 Å². The van der Waals surface area contributed by atoms with Crippen LogP contribution in [0.2, 0.25) is 0 Å². The molecule has 3 heterocycles. The van der Waals surface area contributed by atoms with Crippen LogP contribution < -0.4 is 10.5 Å². The molecule has 4 aromatic rings. The highest BCUT2D eigenvalue weighted by molar-refractivity contribution is 7.99. The summed E-state index contributed by atoms with van der Waals surface area (Å²) >= 11 is 3.31. The summed E-state index contributed by atoms with van der Waals surface area (Å²) in [5.74, 6) is 1.67. The van der Waals surface area contributed by atoms with Crippen LogP contribution in [0.4, 0.5) is 5.82 Å². The highest BCUT2D eigenvalue weighted by Crippen LogP contribution is 2.37. The first-order valence-electron chi connectivity index (χ1n) is 7.28. The molecule has 0 amide bonds. The normalized spacial score (nSPS) is 10.8. The fourth-order valence-electron chi connectivity index (χ4n) is 2.25. The molecule has 0 saturated carbocycles. The summed E-state index contributed by atoms with van der Waals surface area (Å²) in [6.45, 7) is 0. The summed E-state index contributed by atoms with van der Waals surface area (Å²) in [5, 5.41) is 2.05. The van der Waals surface area contributed by atoms with Crippen LogP contribution in [0.1, 0.15) is 0 Å². The van der Waals surface area contributed by atoms with Crippen molar-refractivity contribution in [2.45, 2.75) is 9.79 Å². The Morgan fingerprint density at radius 3 is 2.79 bits per heavy atom. The number of aromatic nitrogens is 2. The lowest BCUT2D eigenvalue weighted by Gasteiger charge is -2.09. The van der Waals surface area contributed by atoms with Crippen molar-refractivity contribution in [1.82, 2.24) is 9.97 Å². The monoisotopic (exact) mass is 351 g/mol. The van der Waals surface area contributed by atoms with E-state index in [1.54, 1.807) is 29.3 Å². The van der Waals surface area contributed by atoms with E-state index in [4.69, 9.17) is 10.5 Å². The van der Waals surface area contributed by atoms with Gasteiger partial charge in [0.2, 0.25) is 0 Å². The van der Waals surface area contributed by atoms with Gasteiger partial charge in [0.15, 0.2) is 11.6 Å². The van der Waals surface area contributed by atoms with Gasteiger partial charge in [-0.25, -0.2) is 4.98 Å². The van der Waals surface area contributed by atoms with Gasteiger partial charge in [-0.2, -0.15) is 0 Å². The zero-order valence-corrected chi connectivity index (χ0v) is 14.2. The Morgan fingerprint density at radius 2 is 1.92 bits per heavy atom. The summed E-state index contributed by atoms with van der Waals surface area (Å²) in [5.41, 5.74) is 6.96. The molecule has 3 aromatic heterocycles. The van der Waals surface area contributed by atoms with E-state index in [0.29, 0.717) is 11.6 Å². The van der Waals surface area contributed by atoms with Crippen LogP contribution in [0.25, 0.3) is 10.2 Å². The zero-order chi connectivity index (χ0) is 16.4. The van der Waals surface area contributed by atoms with Gasteiger partial charge in [0.25, 0.3) is 0 Å². The number of nitrogen functional groups attached to an aromatic ring is 1. The predicted molar refractivity (Wildman–Crippen MR) is 98.9 cm³/mol. The molecule has 4 nitrogen and oxygen atoms in total. The summed E-state index contributed by atoms with van der Waals surface area (Å²) in [6.07, 6.45) is 3.58. The minimum absolute atomic E-state index is 0.374. The number of hydrogen-bond acceptors (Lipinski definition) is 6. The minimum Gasteiger partial charge on any atom is -0.453 e. The minimum atomic E-state index is 0.374. The zero-order valence-electron chi connectivity index (χ0n) is 12.5. The number of fused-ring (bicyclic) bond motifs is 1. The molecule has 0 unspecified atom stereocenters. The number of nitrogens with two attached hydrogens (primary N) is 1. The first-order valence-corrected chi connectivity index (χ1v) is 8.98. The summed E-state index contributed by atoms with van der Waals surface area (Å²) in [6, 6.07) is 15.5. The van der Waals surface area contributed by atoms with Crippen LogP contribution in [0.5, 0.6) is 11.5 Å². The number of pyridine rings is 2. The van der Waals surface area contributed by atoms with Gasteiger partial charge >= 0.3 is 0 Å². The van der Waals surface area contributed by atoms with Gasteiger partial charge in [0.05, 0.1) is 10.2 Å². The molecule has 0 bridgehead atoms. The third-order valence-corrected chi connectivity index (χ3v) is 5.45. The Kier molecular flexibility index (Phi) is 4.06. The molecular weight excluding hydrogens is 338 g/mol. The number of ether oxygens (including phenoxy) is 1. The van der Waals surface area contributed by atoms with Crippen molar-refractivity contribution in [2.24, 2.45) is 0 Å². The van der Waals surface area contributed by atoms with Gasteiger partial charge in [-0.3, -0.25) is 4.98 Å². The Balaban J connectivity index is 1.64. The van der Waals surface area contributed by atoms with E-state index in [1.165, 1.54) is 4.70 Å². The molecule has 4 rings (SSSR count). The van der Waals surface area contributed by atoms with Crippen molar-refractivity contribution in [3.8, 4) is 11.5 Å². The molecule has 1 aromatic carbocycles. The van der Waals surface area contributed by atoms with E-state index in [-0.39, 0.29) is 0 Å². The van der Waals surface area contributed by atoms with Gasteiger partial charge in [-0.15, -0.1) is 11.3 Å².